The molecule has 1 aromatic carbocycles. The van der Waals surface area contributed by atoms with Gasteiger partial charge in [0.2, 0.25) is 5.28 Å². The van der Waals surface area contributed by atoms with Crippen LogP contribution in [-0.4, -0.2) is 73.3 Å². The fraction of sp³-hybridized carbons (Fsp3) is 0.450. The minimum Gasteiger partial charge on any atom is -0.390 e. The lowest BCUT2D eigenvalue weighted by Gasteiger charge is -2.19. The number of hydrogen-bond donors (Lipinski definition) is 3. The number of aliphatic hydroxyl groups is 1. The van der Waals surface area contributed by atoms with E-state index in [0.29, 0.717) is 23.4 Å². The van der Waals surface area contributed by atoms with Gasteiger partial charge in [-0.25, -0.2) is 4.68 Å². The van der Waals surface area contributed by atoms with Crippen LogP contribution in [-0.2, 0) is 20.6 Å². The first kappa shape index (κ1) is 24.0. The van der Waals surface area contributed by atoms with E-state index in [1.165, 1.54) is 0 Å². The highest BCUT2D eigenvalue weighted by molar-refractivity contribution is 7.51. The quantitative estimate of drug-likeness (QED) is 0.228. The van der Waals surface area contributed by atoms with Crippen LogP contribution in [0, 0.1) is 0 Å². The van der Waals surface area contributed by atoms with Crippen molar-refractivity contribution in [3.05, 3.63) is 47.4 Å². The van der Waals surface area contributed by atoms with Crippen LogP contribution in [0.25, 0.3) is 11.0 Å². The molecule has 0 bridgehead atoms. The van der Waals surface area contributed by atoms with Crippen LogP contribution < -0.4 is 4.90 Å². The molecule has 11 nitrogen and oxygen atoms in total. The standard InChI is InChI=1S/C20H25ClN5O6P/c1-25(11-13-5-3-2-4-6-13)18-14-10-22-26(19(14)24-20(21)23-18)17-9-15(27)16(32-17)12-31-7-8-33(28,29)30/h2-6,10,15-17,27H,7-9,11-12H2,1H3,(H2,28,29,30)/t15-,16+,17-/m0/s1. The highest BCUT2D eigenvalue weighted by Crippen LogP contribution is 2.35. The Morgan fingerprint density at radius 2 is 2.06 bits per heavy atom. The maximum Gasteiger partial charge on any atom is 0.327 e. The molecule has 13 heteroatoms. The normalized spacial score (nSPS) is 21.1. The first-order valence-corrected chi connectivity index (χ1v) is 12.5. The number of aliphatic hydroxyl groups excluding tert-OH is 1. The summed E-state index contributed by atoms with van der Waals surface area (Å²) >= 11 is 6.22. The highest BCUT2D eigenvalue weighted by Gasteiger charge is 2.36. The van der Waals surface area contributed by atoms with Gasteiger partial charge in [0.25, 0.3) is 0 Å². The van der Waals surface area contributed by atoms with E-state index in [4.69, 9.17) is 30.9 Å². The fourth-order valence-corrected chi connectivity index (χ4v) is 4.24. The summed E-state index contributed by atoms with van der Waals surface area (Å²) in [5.74, 6) is 0.621. The Morgan fingerprint density at radius 1 is 1.30 bits per heavy atom. The van der Waals surface area contributed by atoms with Gasteiger partial charge in [-0.3, -0.25) is 4.57 Å². The summed E-state index contributed by atoms with van der Waals surface area (Å²) in [6, 6.07) is 9.95. The average molecular weight is 498 g/mol. The Hall–Kier alpha value is -2.11. The van der Waals surface area contributed by atoms with Crippen molar-refractivity contribution < 1.29 is 28.9 Å². The second-order valence-electron chi connectivity index (χ2n) is 7.88. The fourth-order valence-electron chi connectivity index (χ4n) is 3.72. The largest absolute Gasteiger partial charge is 0.390 e. The van der Waals surface area contributed by atoms with Crippen LogP contribution in [0.4, 0.5) is 5.82 Å². The van der Waals surface area contributed by atoms with Crippen molar-refractivity contribution in [3.8, 4) is 0 Å². The summed E-state index contributed by atoms with van der Waals surface area (Å²) in [7, 11) is -2.23. The van der Waals surface area contributed by atoms with Gasteiger partial charge in [-0.15, -0.1) is 0 Å². The van der Waals surface area contributed by atoms with Gasteiger partial charge in [0.1, 0.15) is 11.9 Å². The van der Waals surface area contributed by atoms with Gasteiger partial charge in [-0.2, -0.15) is 15.1 Å². The predicted octanol–water partition coefficient (Wildman–Crippen LogP) is 1.96. The Bertz CT molecular complexity index is 1140. The lowest BCUT2D eigenvalue weighted by molar-refractivity contribution is -0.0625. The van der Waals surface area contributed by atoms with Crippen molar-refractivity contribution in [2.45, 2.75) is 31.4 Å². The summed E-state index contributed by atoms with van der Waals surface area (Å²) in [6.45, 7) is 0.477. The molecule has 178 valence electrons. The van der Waals surface area contributed by atoms with E-state index in [1.54, 1.807) is 10.9 Å². The van der Waals surface area contributed by atoms with Gasteiger partial charge in [0, 0.05) is 20.0 Å². The van der Waals surface area contributed by atoms with Gasteiger partial charge >= 0.3 is 7.60 Å². The maximum absolute atomic E-state index is 10.9. The number of halogens is 1. The predicted molar refractivity (Wildman–Crippen MR) is 121 cm³/mol. The maximum atomic E-state index is 10.9. The minimum absolute atomic E-state index is 0.00231. The summed E-state index contributed by atoms with van der Waals surface area (Å²) in [6.07, 6.45) is -0.601. The first-order valence-electron chi connectivity index (χ1n) is 10.3. The second-order valence-corrected chi connectivity index (χ2v) is 9.99. The van der Waals surface area contributed by atoms with Gasteiger partial charge in [0.15, 0.2) is 11.9 Å². The van der Waals surface area contributed by atoms with E-state index in [2.05, 4.69) is 15.1 Å². The van der Waals surface area contributed by atoms with E-state index in [-0.39, 0.29) is 24.9 Å². The van der Waals surface area contributed by atoms with Crippen LogP contribution in [0.15, 0.2) is 36.5 Å². The van der Waals surface area contributed by atoms with Crippen molar-refractivity contribution in [2.75, 3.05) is 31.3 Å². The number of anilines is 1. The molecule has 4 rings (SSSR count). The number of benzene rings is 1. The second kappa shape index (κ2) is 10.0. The third-order valence-corrected chi connectivity index (χ3v) is 6.25. The van der Waals surface area contributed by atoms with E-state index < -0.39 is 32.2 Å². The van der Waals surface area contributed by atoms with E-state index in [0.717, 1.165) is 5.56 Å². The highest BCUT2D eigenvalue weighted by atomic mass is 35.5. The number of aromatic nitrogens is 4. The molecule has 0 aliphatic carbocycles. The van der Waals surface area contributed by atoms with Gasteiger partial charge in [0.05, 0.1) is 37.1 Å². The lowest BCUT2D eigenvalue weighted by Crippen LogP contribution is -2.27. The van der Waals surface area contributed by atoms with Crippen LogP contribution >= 0.6 is 19.2 Å². The zero-order valence-corrected chi connectivity index (χ0v) is 19.5. The lowest BCUT2D eigenvalue weighted by atomic mass is 10.2. The molecule has 0 spiro atoms. The molecule has 0 radical (unpaired) electrons. The molecule has 1 fully saturated rings. The Morgan fingerprint density at radius 3 is 2.79 bits per heavy atom. The Kier molecular flexibility index (Phi) is 7.30. The van der Waals surface area contributed by atoms with Crippen molar-refractivity contribution in [2.24, 2.45) is 0 Å². The average Bonchev–Trinajstić information content (AvgIpc) is 3.33. The molecule has 33 heavy (non-hydrogen) atoms. The van der Waals surface area contributed by atoms with Crippen LogP contribution in [0.5, 0.6) is 0 Å². The van der Waals surface area contributed by atoms with Crippen molar-refractivity contribution in [1.82, 2.24) is 19.7 Å². The van der Waals surface area contributed by atoms with Crippen molar-refractivity contribution in [3.63, 3.8) is 0 Å². The smallest absolute Gasteiger partial charge is 0.327 e. The summed E-state index contributed by atoms with van der Waals surface area (Å²) in [4.78, 5) is 28.5. The minimum atomic E-state index is -4.13. The summed E-state index contributed by atoms with van der Waals surface area (Å²) < 4.78 is 23.7. The SMILES string of the molecule is CN(Cc1ccccc1)c1nc(Cl)nc2c1cnn2[C@@H]1C[C@H](O)[C@@H](COCCP(=O)(O)O)O1. The van der Waals surface area contributed by atoms with Gasteiger partial charge < -0.3 is 29.3 Å². The van der Waals surface area contributed by atoms with E-state index in [9.17, 15) is 9.67 Å². The first-order chi connectivity index (χ1) is 15.7. The van der Waals surface area contributed by atoms with Gasteiger partial charge in [-0.05, 0) is 17.2 Å². The Balaban J connectivity index is 1.49. The van der Waals surface area contributed by atoms with Crippen molar-refractivity contribution >= 4 is 36.0 Å². The molecule has 3 atom stereocenters. The van der Waals surface area contributed by atoms with Crippen LogP contribution in [0.1, 0.15) is 18.2 Å². The Labute approximate surface area is 195 Å². The number of rotatable bonds is 9. The van der Waals surface area contributed by atoms with Gasteiger partial charge in [-0.1, -0.05) is 30.3 Å². The van der Waals surface area contributed by atoms with E-state index in [1.807, 2.05) is 42.3 Å². The molecular weight excluding hydrogens is 473 g/mol. The summed E-state index contributed by atoms with van der Waals surface area (Å²) in [5, 5.41) is 15.6. The number of nitrogens with zero attached hydrogens (tertiary/aromatic N) is 5. The molecule has 2 aromatic heterocycles. The molecule has 0 amide bonds. The van der Waals surface area contributed by atoms with Crippen molar-refractivity contribution in [1.29, 1.82) is 0 Å². The molecule has 3 heterocycles. The summed E-state index contributed by atoms with van der Waals surface area (Å²) in [5.41, 5.74) is 1.59. The zero-order chi connectivity index (χ0) is 23.6. The van der Waals surface area contributed by atoms with Crippen LogP contribution in [0.3, 0.4) is 0 Å². The number of fused-ring (bicyclic) bond motifs is 1. The molecule has 3 N–H and O–H groups in total. The third-order valence-electron chi connectivity index (χ3n) is 5.32. The topological polar surface area (TPSA) is 143 Å². The number of hydrogen-bond acceptors (Lipinski definition) is 8. The molecular formula is C20H25ClN5O6P. The third kappa shape index (κ3) is 5.88. The molecule has 1 saturated heterocycles. The molecule has 0 unspecified atom stereocenters. The monoisotopic (exact) mass is 497 g/mol. The van der Waals surface area contributed by atoms with Crippen LogP contribution in [0.2, 0.25) is 5.28 Å². The number of ether oxygens (including phenoxy) is 2. The zero-order valence-electron chi connectivity index (χ0n) is 17.9. The molecule has 0 saturated carbocycles. The molecule has 1 aliphatic heterocycles. The molecule has 1 aliphatic rings. The molecule has 3 aromatic rings. The van der Waals surface area contributed by atoms with E-state index >= 15 is 0 Å².